The summed E-state index contributed by atoms with van der Waals surface area (Å²) in [6.07, 6.45) is 2.21. The van der Waals surface area contributed by atoms with E-state index in [4.69, 9.17) is 0 Å². The zero-order chi connectivity index (χ0) is 14.2. The van der Waals surface area contributed by atoms with Gasteiger partial charge in [-0.3, -0.25) is 4.79 Å². The number of carbonyl (C=O) groups excluding carboxylic acids is 1. The number of benzene rings is 1. The highest BCUT2D eigenvalue weighted by atomic mass is 32.2. The van der Waals surface area contributed by atoms with Crippen LogP contribution in [0.2, 0.25) is 0 Å². The number of nitrogens with one attached hydrogen (secondary N) is 2. The lowest BCUT2D eigenvalue weighted by Crippen LogP contribution is -2.29. The number of fused-ring (bicyclic) bond motifs is 1. The first-order chi connectivity index (χ1) is 9.53. The second kappa shape index (κ2) is 4.90. The SMILES string of the molecule is O=C(NCC1CCS(=O)(=O)C1)c1ccc2nc[nH]c2c1. The maximum absolute atomic E-state index is 12.0. The van der Waals surface area contributed by atoms with Crippen LogP contribution in [0.5, 0.6) is 0 Å². The molecule has 1 aliphatic rings. The summed E-state index contributed by atoms with van der Waals surface area (Å²) in [6, 6.07) is 5.23. The third kappa shape index (κ3) is 2.67. The van der Waals surface area contributed by atoms with Gasteiger partial charge >= 0.3 is 0 Å². The van der Waals surface area contributed by atoms with Gasteiger partial charge in [0.1, 0.15) is 0 Å². The standard InChI is InChI=1S/C13H15N3O3S/c17-13(14-6-9-3-4-20(18,19)7-9)10-1-2-11-12(5-10)16-8-15-11/h1-2,5,8-9H,3-4,6-7H2,(H,14,17)(H,15,16). The molecule has 106 valence electrons. The molecular weight excluding hydrogens is 278 g/mol. The first-order valence-electron chi connectivity index (χ1n) is 6.45. The van der Waals surface area contributed by atoms with Crippen LogP contribution in [0.1, 0.15) is 16.8 Å². The molecule has 0 spiro atoms. The quantitative estimate of drug-likeness (QED) is 0.872. The van der Waals surface area contributed by atoms with Crippen molar-refractivity contribution >= 4 is 26.8 Å². The number of imidazole rings is 1. The summed E-state index contributed by atoms with van der Waals surface area (Å²) in [4.78, 5) is 19.1. The van der Waals surface area contributed by atoms with Gasteiger partial charge in [0.15, 0.2) is 9.84 Å². The van der Waals surface area contributed by atoms with Crippen molar-refractivity contribution in [1.29, 1.82) is 0 Å². The fourth-order valence-corrected chi connectivity index (χ4v) is 4.31. The molecule has 1 fully saturated rings. The number of rotatable bonds is 3. The second-order valence-electron chi connectivity index (χ2n) is 5.11. The summed E-state index contributed by atoms with van der Waals surface area (Å²) in [6.45, 7) is 0.402. The van der Waals surface area contributed by atoms with E-state index in [1.807, 2.05) is 0 Å². The maximum atomic E-state index is 12.0. The predicted octanol–water partition coefficient (Wildman–Crippen LogP) is 0.727. The molecule has 1 aromatic heterocycles. The van der Waals surface area contributed by atoms with E-state index < -0.39 is 9.84 Å². The number of sulfone groups is 1. The Balaban J connectivity index is 1.64. The highest BCUT2D eigenvalue weighted by molar-refractivity contribution is 7.91. The average molecular weight is 293 g/mol. The number of aromatic amines is 1. The van der Waals surface area contributed by atoms with Crippen molar-refractivity contribution in [3.63, 3.8) is 0 Å². The summed E-state index contributed by atoms with van der Waals surface area (Å²) >= 11 is 0. The number of amides is 1. The van der Waals surface area contributed by atoms with Crippen LogP contribution in [0.25, 0.3) is 11.0 Å². The van der Waals surface area contributed by atoms with E-state index >= 15 is 0 Å². The summed E-state index contributed by atoms with van der Waals surface area (Å²) < 4.78 is 22.7. The third-order valence-electron chi connectivity index (χ3n) is 3.56. The van der Waals surface area contributed by atoms with E-state index in [0.29, 0.717) is 18.5 Å². The van der Waals surface area contributed by atoms with Crippen LogP contribution >= 0.6 is 0 Å². The second-order valence-corrected chi connectivity index (χ2v) is 7.34. The number of carbonyl (C=O) groups is 1. The molecule has 0 aliphatic carbocycles. The van der Waals surface area contributed by atoms with Crippen molar-refractivity contribution in [2.24, 2.45) is 5.92 Å². The number of H-pyrrole nitrogens is 1. The molecule has 1 aliphatic heterocycles. The van der Waals surface area contributed by atoms with Crippen molar-refractivity contribution in [3.05, 3.63) is 30.1 Å². The number of aromatic nitrogens is 2. The van der Waals surface area contributed by atoms with Gasteiger partial charge in [0, 0.05) is 12.1 Å². The molecule has 1 amide bonds. The van der Waals surface area contributed by atoms with Crippen LogP contribution in [0.4, 0.5) is 0 Å². The Morgan fingerprint density at radius 3 is 3.05 bits per heavy atom. The van der Waals surface area contributed by atoms with Crippen LogP contribution in [0.3, 0.4) is 0 Å². The summed E-state index contributed by atoms with van der Waals surface area (Å²) in [5.41, 5.74) is 2.16. The Morgan fingerprint density at radius 2 is 2.30 bits per heavy atom. The molecule has 1 atom stereocenters. The molecule has 2 heterocycles. The van der Waals surface area contributed by atoms with Gasteiger partial charge in [0.2, 0.25) is 0 Å². The maximum Gasteiger partial charge on any atom is 0.251 e. The fourth-order valence-electron chi connectivity index (χ4n) is 2.45. The van der Waals surface area contributed by atoms with E-state index in [-0.39, 0.29) is 23.3 Å². The van der Waals surface area contributed by atoms with Gasteiger partial charge in [-0.1, -0.05) is 0 Å². The number of hydrogen-bond donors (Lipinski definition) is 2. The summed E-state index contributed by atoms with van der Waals surface area (Å²) in [7, 11) is -2.89. The molecule has 0 bridgehead atoms. The Kier molecular flexibility index (Phi) is 3.21. The molecule has 6 nitrogen and oxygen atoms in total. The minimum absolute atomic E-state index is 0.0276. The average Bonchev–Trinajstić information content (AvgIpc) is 3.01. The molecule has 2 N–H and O–H groups in total. The highest BCUT2D eigenvalue weighted by Crippen LogP contribution is 2.17. The molecule has 0 saturated carbocycles. The molecule has 20 heavy (non-hydrogen) atoms. The Hall–Kier alpha value is -1.89. The van der Waals surface area contributed by atoms with Crippen molar-refractivity contribution in [1.82, 2.24) is 15.3 Å². The first-order valence-corrected chi connectivity index (χ1v) is 8.27. The monoisotopic (exact) mass is 293 g/mol. The van der Waals surface area contributed by atoms with Crippen LogP contribution in [-0.2, 0) is 9.84 Å². The van der Waals surface area contributed by atoms with Crippen LogP contribution in [-0.4, -0.2) is 42.3 Å². The van der Waals surface area contributed by atoms with Crippen molar-refractivity contribution in [2.45, 2.75) is 6.42 Å². The normalized spacial score (nSPS) is 21.1. The van der Waals surface area contributed by atoms with Gasteiger partial charge in [-0.05, 0) is 30.5 Å². The van der Waals surface area contributed by atoms with Gasteiger partial charge in [-0.2, -0.15) is 0 Å². The minimum Gasteiger partial charge on any atom is -0.352 e. The van der Waals surface area contributed by atoms with Crippen molar-refractivity contribution in [3.8, 4) is 0 Å². The molecule has 1 saturated heterocycles. The molecule has 2 aromatic rings. The minimum atomic E-state index is -2.89. The molecule has 0 radical (unpaired) electrons. The van der Waals surface area contributed by atoms with Crippen molar-refractivity contribution in [2.75, 3.05) is 18.1 Å². The molecule has 7 heteroatoms. The van der Waals surface area contributed by atoms with Gasteiger partial charge in [-0.25, -0.2) is 13.4 Å². The molecule has 1 aromatic carbocycles. The van der Waals surface area contributed by atoms with E-state index in [1.54, 1.807) is 24.5 Å². The third-order valence-corrected chi connectivity index (χ3v) is 5.40. The molecule has 3 rings (SSSR count). The Labute approximate surface area is 116 Å². The highest BCUT2D eigenvalue weighted by Gasteiger charge is 2.27. The Morgan fingerprint density at radius 1 is 1.45 bits per heavy atom. The van der Waals surface area contributed by atoms with Crippen LogP contribution in [0, 0.1) is 5.92 Å². The van der Waals surface area contributed by atoms with E-state index in [9.17, 15) is 13.2 Å². The Bertz CT molecular complexity index is 751. The van der Waals surface area contributed by atoms with E-state index in [1.165, 1.54) is 0 Å². The molecule has 1 unspecified atom stereocenters. The fraction of sp³-hybridized carbons (Fsp3) is 0.385. The van der Waals surface area contributed by atoms with E-state index in [2.05, 4.69) is 15.3 Å². The van der Waals surface area contributed by atoms with Crippen molar-refractivity contribution < 1.29 is 13.2 Å². The lowest BCUT2D eigenvalue weighted by atomic mass is 10.1. The molecular formula is C13H15N3O3S. The largest absolute Gasteiger partial charge is 0.352 e. The zero-order valence-electron chi connectivity index (χ0n) is 10.8. The zero-order valence-corrected chi connectivity index (χ0v) is 11.6. The number of nitrogens with zero attached hydrogens (tertiary/aromatic N) is 1. The first kappa shape index (κ1) is 13.1. The lowest BCUT2D eigenvalue weighted by Gasteiger charge is -2.09. The van der Waals surface area contributed by atoms with Crippen LogP contribution in [0.15, 0.2) is 24.5 Å². The smallest absolute Gasteiger partial charge is 0.251 e. The summed E-state index contributed by atoms with van der Waals surface area (Å²) in [5, 5.41) is 2.80. The predicted molar refractivity (Wildman–Crippen MR) is 75.2 cm³/mol. The summed E-state index contributed by atoms with van der Waals surface area (Å²) in [5.74, 6) is 0.242. The van der Waals surface area contributed by atoms with E-state index in [0.717, 1.165) is 11.0 Å². The van der Waals surface area contributed by atoms with Gasteiger partial charge in [0.05, 0.1) is 28.9 Å². The number of hydrogen-bond acceptors (Lipinski definition) is 4. The van der Waals surface area contributed by atoms with Gasteiger partial charge < -0.3 is 10.3 Å². The van der Waals surface area contributed by atoms with Gasteiger partial charge in [0.25, 0.3) is 5.91 Å². The van der Waals surface area contributed by atoms with Gasteiger partial charge in [-0.15, -0.1) is 0 Å². The topological polar surface area (TPSA) is 91.9 Å². The van der Waals surface area contributed by atoms with Crippen LogP contribution < -0.4 is 5.32 Å². The lowest BCUT2D eigenvalue weighted by molar-refractivity contribution is 0.0948.